The Bertz CT molecular complexity index is 589. The van der Waals surface area contributed by atoms with Gasteiger partial charge in [0.2, 0.25) is 5.95 Å². The van der Waals surface area contributed by atoms with Gasteiger partial charge in [-0.25, -0.2) is 19.2 Å². The summed E-state index contributed by atoms with van der Waals surface area (Å²) in [6, 6.07) is 4.41. The number of nitrogens with zero attached hydrogens (tertiary/aromatic N) is 2. The van der Waals surface area contributed by atoms with Crippen LogP contribution in [0.3, 0.4) is 0 Å². The summed E-state index contributed by atoms with van der Waals surface area (Å²) in [5.41, 5.74) is 0.663. The number of carboxylic acid groups (broad SMARTS) is 1. The smallest absolute Gasteiger partial charge is 0.336 e. The second kappa shape index (κ2) is 4.95. The molecule has 94 valence electrons. The second-order valence-corrected chi connectivity index (χ2v) is 3.94. The number of carboxylic acids is 1. The predicted molar refractivity (Wildman–Crippen MR) is 65.6 cm³/mol. The number of aromatic carboxylic acids is 1. The highest BCUT2D eigenvalue weighted by atomic mass is 19.1. The number of fused-ring (bicyclic) bond motifs is 1. The van der Waals surface area contributed by atoms with Crippen LogP contribution in [-0.2, 0) is 0 Å². The minimum absolute atomic E-state index is 0.151. The molecule has 1 unspecified atom stereocenters. The first kappa shape index (κ1) is 12.2. The molecular weight excluding hydrogens is 237 g/mol. The third-order valence-corrected chi connectivity index (χ3v) is 2.46. The Morgan fingerprint density at radius 2 is 2.33 bits per heavy atom. The summed E-state index contributed by atoms with van der Waals surface area (Å²) in [5, 5.41) is 12.3. The quantitative estimate of drug-likeness (QED) is 0.867. The zero-order valence-electron chi connectivity index (χ0n) is 9.72. The number of halogens is 1. The molecule has 0 amide bonds. The van der Waals surface area contributed by atoms with Gasteiger partial charge in [0.25, 0.3) is 0 Å². The van der Waals surface area contributed by atoms with Crippen molar-refractivity contribution in [3.05, 3.63) is 30.0 Å². The molecule has 0 radical (unpaired) electrons. The molecule has 18 heavy (non-hydrogen) atoms. The van der Waals surface area contributed by atoms with E-state index >= 15 is 0 Å². The molecule has 0 aliphatic carbocycles. The van der Waals surface area contributed by atoms with Crippen molar-refractivity contribution in [3.63, 3.8) is 0 Å². The van der Waals surface area contributed by atoms with E-state index in [0.29, 0.717) is 10.9 Å². The van der Waals surface area contributed by atoms with E-state index in [2.05, 4.69) is 15.3 Å². The molecular formula is C12H12FN3O2. The van der Waals surface area contributed by atoms with Gasteiger partial charge in [-0.3, -0.25) is 0 Å². The minimum Gasteiger partial charge on any atom is -0.478 e. The van der Waals surface area contributed by atoms with Gasteiger partial charge < -0.3 is 10.4 Å². The molecule has 0 aliphatic rings. The number of hydrogen-bond donors (Lipinski definition) is 2. The summed E-state index contributed by atoms with van der Waals surface area (Å²) >= 11 is 0. The van der Waals surface area contributed by atoms with Crippen molar-refractivity contribution < 1.29 is 14.3 Å². The molecule has 0 saturated heterocycles. The lowest BCUT2D eigenvalue weighted by molar-refractivity contribution is 0.0699. The second-order valence-electron chi connectivity index (χ2n) is 3.94. The van der Waals surface area contributed by atoms with Crippen molar-refractivity contribution in [1.29, 1.82) is 0 Å². The number of benzene rings is 1. The topological polar surface area (TPSA) is 75.1 Å². The van der Waals surface area contributed by atoms with Crippen LogP contribution in [0, 0.1) is 0 Å². The molecule has 2 aromatic rings. The number of nitrogens with one attached hydrogen (secondary N) is 1. The summed E-state index contributed by atoms with van der Waals surface area (Å²) in [4.78, 5) is 19.1. The summed E-state index contributed by atoms with van der Waals surface area (Å²) in [5.74, 6) is -0.739. The van der Waals surface area contributed by atoms with E-state index in [0.717, 1.165) is 0 Å². The van der Waals surface area contributed by atoms with Crippen LogP contribution in [0.2, 0.25) is 0 Å². The lowest BCUT2D eigenvalue weighted by Gasteiger charge is -2.10. The molecule has 1 aromatic carbocycles. The van der Waals surface area contributed by atoms with Crippen LogP contribution in [0.4, 0.5) is 10.3 Å². The number of aromatic nitrogens is 2. The molecule has 1 aromatic heterocycles. The van der Waals surface area contributed by atoms with E-state index in [1.165, 1.54) is 12.3 Å². The molecule has 1 atom stereocenters. The van der Waals surface area contributed by atoms with E-state index in [9.17, 15) is 9.18 Å². The third kappa shape index (κ3) is 2.37. The maximum absolute atomic E-state index is 12.4. The van der Waals surface area contributed by atoms with Gasteiger partial charge in [0.15, 0.2) is 0 Å². The van der Waals surface area contributed by atoms with Crippen molar-refractivity contribution in [2.75, 3.05) is 12.0 Å². The van der Waals surface area contributed by atoms with Crippen LogP contribution >= 0.6 is 0 Å². The molecule has 0 bridgehead atoms. The van der Waals surface area contributed by atoms with Gasteiger partial charge in [-0.2, -0.15) is 0 Å². The lowest BCUT2D eigenvalue weighted by Crippen LogP contribution is -2.18. The van der Waals surface area contributed by atoms with E-state index in [1.807, 2.05) is 0 Å². The van der Waals surface area contributed by atoms with Crippen LogP contribution in [0.15, 0.2) is 24.4 Å². The average molecular weight is 249 g/mol. The molecule has 0 aliphatic heterocycles. The first-order valence-corrected chi connectivity index (χ1v) is 5.43. The number of hydrogen-bond acceptors (Lipinski definition) is 4. The molecule has 0 saturated carbocycles. The van der Waals surface area contributed by atoms with Crippen molar-refractivity contribution in [3.8, 4) is 0 Å². The first-order valence-electron chi connectivity index (χ1n) is 5.43. The molecule has 2 N–H and O–H groups in total. The Morgan fingerprint density at radius 1 is 1.56 bits per heavy atom. The molecule has 2 rings (SSSR count). The van der Waals surface area contributed by atoms with E-state index in [4.69, 9.17) is 5.11 Å². The van der Waals surface area contributed by atoms with Gasteiger partial charge in [0.05, 0.1) is 17.1 Å². The van der Waals surface area contributed by atoms with Crippen molar-refractivity contribution in [1.82, 2.24) is 9.97 Å². The highest BCUT2D eigenvalue weighted by molar-refractivity contribution is 6.02. The van der Waals surface area contributed by atoms with E-state index in [-0.39, 0.29) is 17.6 Å². The van der Waals surface area contributed by atoms with Gasteiger partial charge >= 0.3 is 5.97 Å². The van der Waals surface area contributed by atoms with Crippen molar-refractivity contribution in [2.45, 2.75) is 13.0 Å². The first-order chi connectivity index (χ1) is 8.61. The summed E-state index contributed by atoms with van der Waals surface area (Å²) in [6.07, 6.45) is 1.43. The highest BCUT2D eigenvalue weighted by Gasteiger charge is 2.10. The zero-order valence-corrected chi connectivity index (χ0v) is 9.72. The van der Waals surface area contributed by atoms with Crippen molar-refractivity contribution >= 4 is 22.8 Å². The Labute approximate surface area is 103 Å². The summed E-state index contributed by atoms with van der Waals surface area (Å²) < 4.78 is 12.4. The Balaban J connectivity index is 2.44. The van der Waals surface area contributed by atoms with Gasteiger partial charge in [-0.1, -0.05) is 6.07 Å². The maximum atomic E-state index is 12.4. The fraction of sp³-hybridized carbons (Fsp3) is 0.250. The molecule has 1 heterocycles. The van der Waals surface area contributed by atoms with Crippen LogP contribution in [-0.4, -0.2) is 33.8 Å². The van der Waals surface area contributed by atoms with Gasteiger partial charge in [-0.05, 0) is 19.1 Å². The number of carbonyl (C=O) groups is 1. The number of alkyl halides is 1. The van der Waals surface area contributed by atoms with E-state index in [1.54, 1.807) is 19.1 Å². The fourth-order valence-electron chi connectivity index (χ4n) is 1.57. The Hall–Kier alpha value is -2.24. The molecule has 5 nitrogen and oxygen atoms in total. The standard InChI is InChI=1S/C12H12FN3O2/c1-7(5-13)15-12-14-6-9-8(11(17)18)3-2-4-10(9)16-12/h2-4,6-7H,5H2,1H3,(H,17,18)(H,14,15,16). The largest absolute Gasteiger partial charge is 0.478 e. The molecule has 6 heteroatoms. The van der Waals surface area contributed by atoms with Crippen molar-refractivity contribution in [2.24, 2.45) is 0 Å². The van der Waals surface area contributed by atoms with Gasteiger partial charge in [0.1, 0.15) is 6.67 Å². The van der Waals surface area contributed by atoms with Crippen LogP contribution in [0.1, 0.15) is 17.3 Å². The van der Waals surface area contributed by atoms with Gasteiger partial charge in [0, 0.05) is 11.6 Å². The normalized spacial score (nSPS) is 12.3. The number of anilines is 1. The SMILES string of the molecule is CC(CF)Nc1ncc2c(C(=O)O)cccc2n1. The fourth-order valence-corrected chi connectivity index (χ4v) is 1.57. The maximum Gasteiger partial charge on any atom is 0.336 e. The average Bonchev–Trinajstić information content (AvgIpc) is 2.37. The Morgan fingerprint density at radius 3 is 3.00 bits per heavy atom. The zero-order chi connectivity index (χ0) is 13.1. The Kier molecular flexibility index (Phi) is 3.36. The van der Waals surface area contributed by atoms with Crippen LogP contribution < -0.4 is 5.32 Å². The van der Waals surface area contributed by atoms with Crippen LogP contribution in [0.25, 0.3) is 10.9 Å². The monoisotopic (exact) mass is 249 g/mol. The molecule has 0 fully saturated rings. The van der Waals surface area contributed by atoms with E-state index < -0.39 is 12.6 Å². The third-order valence-electron chi connectivity index (χ3n) is 2.46. The summed E-state index contributed by atoms with van der Waals surface area (Å²) in [7, 11) is 0. The molecule has 0 spiro atoms. The summed E-state index contributed by atoms with van der Waals surface area (Å²) in [6.45, 7) is 1.14. The van der Waals surface area contributed by atoms with Crippen LogP contribution in [0.5, 0.6) is 0 Å². The lowest BCUT2D eigenvalue weighted by atomic mass is 10.1. The number of rotatable bonds is 4. The highest BCUT2D eigenvalue weighted by Crippen LogP contribution is 2.17. The predicted octanol–water partition coefficient (Wildman–Crippen LogP) is 2.10. The van der Waals surface area contributed by atoms with Gasteiger partial charge in [-0.15, -0.1) is 0 Å². The minimum atomic E-state index is -1.03.